The summed E-state index contributed by atoms with van der Waals surface area (Å²) in [4.78, 5) is 4.00. The molecule has 5 heteroatoms. The summed E-state index contributed by atoms with van der Waals surface area (Å²) in [6.45, 7) is 0. The molecule has 0 aliphatic rings. The Bertz CT molecular complexity index is 634. The maximum atomic E-state index is 12.8. The van der Waals surface area contributed by atoms with Crippen LogP contribution in [0, 0.1) is 5.82 Å². The summed E-state index contributed by atoms with van der Waals surface area (Å²) < 4.78 is 14.4. The Morgan fingerprint density at radius 2 is 1.82 bits per heavy atom. The molecule has 0 atom stereocenters. The van der Waals surface area contributed by atoms with Crippen molar-refractivity contribution >= 4 is 10.9 Å². The first-order valence-electron chi connectivity index (χ1n) is 4.89. The molecule has 17 heavy (non-hydrogen) atoms. The number of benzene rings is 1. The van der Waals surface area contributed by atoms with Crippen molar-refractivity contribution in [3.8, 4) is 5.82 Å². The molecule has 0 unspecified atom stereocenters. The number of halogens is 1. The average Bonchev–Trinajstić information content (AvgIpc) is 2.74. The van der Waals surface area contributed by atoms with E-state index in [0.717, 1.165) is 10.9 Å². The summed E-state index contributed by atoms with van der Waals surface area (Å²) in [7, 11) is 0. The fraction of sp³-hybridized carbons (Fsp3) is 0. The van der Waals surface area contributed by atoms with Gasteiger partial charge >= 0.3 is 0 Å². The minimum Gasteiger partial charge on any atom is -0.234 e. The second-order valence-electron chi connectivity index (χ2n) is 3.45. The van der Waals surface area contributed by atoms with Crippen LogP contribution in [-0.4, -0.2) is 14.8 Å². The van der Waals surface area contributed by atoms with Gasteiger partial charge in [-0.25, -0.2) is 14.1 Å². The summed E-state index contributed by atoms with van der Waals surface area (Å²) in [6.07, 6.45) is 2.95. The molecule has 0 aliphatic heterocycles. The van der Waals surface area contributed by atoms with Crippen molar-refractivity contribution in [2.24, 2.45) is 0 Å². The van der Waals surface area contributed by atoms with E-state index in [-0.39, 0.29) is 25.9 Å². The molecule has 0 fully saturated rings. The number of hydrogen-bond donors (Lipinski definition) is 0. The third-order valence-electron chi connectivity index (χ3n) is 2.41. The fourth-order valence-corrected chi connectivity index (χ4v) is 1.65. The standard InChI is InChI=1S/C12H8FN3.Ir/c13-10-5-6-12(14-8-10)16-11-4-2-1-3-9(11)7-15-16;/h1-8H;. The van der Waals surface area contributed by atoms with Crippen LogP contribution in [-0.2, 0) is 20.1 Å². The van der Waals surface area contributed by atoms with Crippen LogP contribution >= 0.6 is 0 Å². The minimum absolute atomic E-state index is 0. The number of rotatable bonds is 1. The Morgan fingerprint density at radius 1 is 1.00 bits per heavy atom. The Morgan fingerprint density at radius 3 is 2.59 bits per heavy atom. The fourth-order valence-electron chi connectivity index (χ4n) is 1.65. The second kappa shape index (κ2) is 4.73. The van der Waals surface area contributed by atoms with Gasteiger partial charge in [0.25, 0.3) is 0 Å². The summed E-state index contributed by atoms with van der Waals surface area (Å²) in [5.74, 6) is 0.266. The van der Waals surface area contributed by atoms with Gasteiger partial charge in [0, 0.05) is 25.5 Å². The van der Waals surface area contributed by atoms with Gasteiger partial charge in [0.05, 0.1) is 17.9 Å². The van der Waals surface area contributed by atoms with Crippen molar-refractivity contribution in [1.29, 1.82) is 0 Å². The zero-order chi connectivity index (χ0) is 11.0. The van der Waals surface area contributed by atoms with Crippen LogP contribution in [0.3, 0.4) is 0 Å². The first kappa shape index (κ1) is 11.9. The van der Waals surface area contributed by atoms with Crippen molar-refractivity contribution < 1.29 is 24.5 Å². The number of para-hydroxylation sites is 1. The molecule has 2 heterocycles. The number of nitrogens with zero attached hydrogens (tertiary/aromatic N) is 3. The Balaban J connectivity index is 0.00000108. The third-order valence-corrected chi connectivity index (χ3v) is 2.41. The molecule has 0 bridgehead atoms. The van der Waals surface area contributed by atoms with E-state index in [1.54, 1.807) is 16.9 Å². The molecular formula is C12H8FIrN3. The SMILES string of the molecule is Fc1ccc(-n2ncc3ccccc32)nc1.[Ir]. The van der Waals surface area contributed by atoms with Gasteiger partial charge in [-0.15, -0.1) is 0 Å². The summed E-state index contributed by atoms with van der Waals surface area (Å²) in [5, 5.41) is 5.26. The molecule has 87 valence electrons. The molecule has 0 spiro atoms. The minimum atomic E-state index is -0.347. The summed E-state index contributed by atoms with van der Waals surface area (Å²) in [5.41, 5.74) is 0.960. The smallest absolute Gasteiger partial charge is 0.154 e. The van der Waals surface area contributed by atoms with Crippen molar-refractivity contribution in [1.82, 2.24) is 14.8 Å². The molecule has 1 aromatic carbocycles. The predicted octanol–water partition coefficient (Wildman–Crippen LogP) is 2.56. The van der Waals surface area contributed by atoms with E-state index in [1.165, 1.54) is 12.3 Å². The second-order valence-corrected chi connectivity index (χ2v) is 3.45. The van der Waals surface area contributed by atoms with Gasteiger partial charge in [0.1, 0.15) is 5.82 Å². The van der Waals surface area contributed by atoms with E-state index in [0.29, 0.717) is 5.82 Å². The van der Waals surface area contributed by atoms with Crippen LogP contribution in [0.15, 0.2) is 48.8 Å². The molecule has 3 aromatic rings. The van der Waals surface area contributed by atoms with Crippen LogP contribution in [0.4, 0.5) is 4.39 Å². The van der Waals surface area contributed by atoms with Gasteiger partial charge in [-0.3, -0.25) is 0 Å². The van der Waals surface area contributed by atoms with Crippen LogP contribution in [0.2, 0.25) is 0 Å². The van der Waals surface area contributed by atoms with Crippen LogP contribution in [0.1, 0.15) is 0 Å². The third kappa shape index (κ3) is 2.12. The molecule has 3 nitrogen and oxygen atoms in total. The number of fused-ring (bicyclic) bond motifs is 1. The van der Waals surface area contributed by atoms with E-state index in [1.807, 2.05) is 24.3 Å². The van der Waals surface area contributed by atoms with Crippen LogP contribution in [0.25, 0.3) is 16.7 Å². The summed E-state index contributed by atoms with van der Waals surface area (Å²) in [6, 6.07) is 10.8. The van der Waals surface area contributed by atoms with Gasteiger partial charge in [-0.05, 0) is 18.2 Å². The van der Waals surface area contributed by atoms with Crippen LogP contribution in [0.5, 0.6) is 0 Å². The van der Waals surface area contributed by atoms with Gasteiger partial charge in [-0.1, -0.05) is 18.2 Å². The Kier molecular flexibility index (Phi) is 3.31. The molecule has 1 radical (unpaired) electrons. The van der Waals surface area contributed by atoms with Crippen LogP contribution < -0.4 is 0 Å². The monoisotopic (exact) mass is 406 g/mol. The molecule has 0 saturated heterocycles. The topological polar surface area (TPSA) is 30.7 Å². The van der Waals surface area contributed by atoms with E-state index in [9.17, 15) is 4.39 Å². The Labute approximate surface area is 111 Å². The normalized spacial score (nSPS) is 10.2. The summed E-state index contributed by atoms with van der Waals surface area (Å²) >= 11 is 0. The maximum Gasteiger partial charge on any atom is 0.154 e. The van der Waals surface area contributed by atoms with Gasteiger partial charge < -0.3 is 0 Å². The first-order chi connectivity index (χ1) is 7.84. The maximum absolute atomic E-state index is 12.8. The predicted molar refractivity (Wildman–Crippen MR) is 58.8 cm³/mol. The average molecular weight is 405 g/mol. The molecular weight excluding hydrogens is 397 g/mol. The number of pyridine rings is 1. The molecule has 0 amide bonds. The van der Waals surface area contributed by atoms with Gasteiger partial charge in [-0.2, -0.15) is 5.10 Å². The zero-order valence-electron chi connectivity index (χ0n) is 8.67. The van der Waals surface area contributed by atoms with Gasteiger partial charge in [0.2, 0.25) is 0 Å². The molecule has 0 saturated carbocycles. The molecule has 0 N–H and O–H groups in total. The zero-order valence-corrected chi connectivity index (χ0v) is 11.1. The van der Waals surface area contributed by atoms with E-state index in [2.05, 4.69) is 10.1 Å². The molecule has 0 aliphatic carbocycles. The van der Waals surface area contributed by atoms with E-state index in [4.69, 9.17) is 0 Å². The van der Waals surface area contributed by atoms with E-state index < -0.39 is 0 Å². The first-order valence-corrected chi connectivity index (χ1v) is 4.89. The van der Waals surface area contributed by atoms with Crippen molar-refractivity contribution in [3.05, 3.63) is 54.6 Å². The van der Waals surface area contributed by atoms with E-state index >= 15 is 0 Å². The van der Waals surface area contributed by atoms with Crippen molar-refractivity contribution in [2.45, 2.75) is 0 Å². The quantitative estimate of drug-likeness (QED) is 0.623. The largest absolute Gasteiger partial charge is 0.234 e. The Hall–Kier alpha value is -1.58. The molecule has 3 rings (SSSR count). The number of aromatic nitrogens is 3. The van der Waals surface area contributed by atoms with Crippen molar-refractivity contribution in [3.63, 3.8) is 0 Å². The van der Waals surface area contributed by atoms with Gasteiger partial charge in [0.15, 0.2) is 5.82 Å². The molecule has 2 aromatic heterocycles. The number of hydrogen-bond acceptors (Lipinski definition) is 2. The van der Waals surface area contributed by atoms with Crippen molar-refractivity contribution in [2.75, 3.05) is 0 Å².